The monoisotopic (exact) mass is 175 g/mol. The van der Waals surface area contributed by atoms with Crippen molar-refractivity contribution in [2.24, 2.45) is 5.73 Å². The summed E-state index contributed by atoms with van der Waals surface area (Å²) < 4.78 is 0. The maximum atomic E-state index is 10.3. The molecule has 4 nitrogen and oxygen atoms in total. The highest BCUT2D eigenvalue weighted by molar-refractivity contribution is 5.92. The Bertz CT molecular complexity index is 401. The quantitative estimate of drug-likeness (QED) is 0.536. The number of hydrogen-bond acceptors (Lipinski definition) is 3. The molecule has 0 aliphatic carbocycles. The van der Waals surface area contributed by atoms with Gasteiger partial charge in [0.15, 0.2) is 0 Å². The maximum Gasteiger partial charge on any atom is 0.293 e. The lowest BCUT2D eigenvalue weighted by molar-refractivity contribution is -0.112. The van der Waals surface area contributed by atoms with Crippen LogP contribution in [0.3, 0.4) is 0 Å². The Labute approximate surface area is 76.0 Å². The fourth-order valence-electron chi connectivity index (χ4n) is 0.787. The zero-order valence-electron chi connectivity index (χ0n) is 7.16. The Morgan fingerprint density at radius 2 is 2.31 bits per heavy atom. The molecule has 4 N–H and O–H groups in total. The van der Waals surface area contributed by atoms with Crippen molar-refractivity contribution in [3.63, 3.8) is 0 Å². The van der Waals surface area contributed by atoms with Crippen molar-refractivity contribution in [3.8, 4) is 11.8 Å². The summed E-state index contributed by atoms with van der Waals surface area (Å²) in [5.74, 6) is 4.59. The third kappa shape index (κ3) is 2.49. The van der Waals surface area contributed by atoms with Crippen molar-refractivity contribution in [1.29, 1.82) is 0 Å². The van der Waals surface area contributed by atoms with Gasteiger partial charge in [-0.05, 0) is 18.6 Å². The molecule has 0 saturated heterocycles. The predicted molar refractivity (Wildman–Crippen MR) is 49.5 cm³/mol. The number of hydrogen-bond donors (Lipinski definition) is 2. The van der Waals surface area contributed by atoms with Gasteiger partial charge in [-0.1, -0.05) is 5.92 Å². The largest absolute Gasteiger partial charge is 0.383 e. The van der Waals surface area contributed by atoms with E-state index in [-0.39, 0.29) is 0 Å². The molecule has 0 atom stereocenters. The number of nitrogen functional groups attached to an aromatic ring is 1. The number of aryl methyl sites for hydroxylation is 1. The minimum absolute atomic E-state index is 0.463. The fourth-order valence-corrected chi connectivity index (χ4v) is 0.787. The van der Waals surface area contributed by atoms with Crippen LogP contribution in [-0.4, -0.2) is 10.9 Å². The summed E-state index contributed by atoms with van der Waals surface area (Å²) in [6, 6.07) is 1.75. The molecule has 66 valence electrons. The lowest BCUT2D eigenvalue weighted by Gasteiger charge is -1.97. The molecule has 0 fully saturated rings. The number of rotatable bonds is 0. The van der Waals surface area contributed by atoms with Gasteiger partial charge in [-0.15, -0.1) is 0 Å². The Morgan fingerprint density at radius 3 is 2.85 bits per heavy atom. The first-order valence-electron chi connectivity index (χ1n) is 3.63. The summed E-state index contributed by atoms with van der Waals surface area (Å²) in [6.07, 6.45) is 1.50. The summed E-state index contributed by atoms with van der Waals surface area (Å²) in [4.78, 5) is 14.2. The molecule has 1 amide bonds. The minimum atomic E-state index is -0.658. The third-order valence-electron chi connectivity index (χ3n) is 1.45. The number of carbonyl (C=O) groups is 1. The van der Waals surface area contributed by atoms with E-state index in [1.807, 2.05) is 6.92 Å². The summed E-state index contributed by atoms with van der Waals surface area (Å²) in [5.41, 5.74) is 11.8. The number of primary amides is 1. The SMILES string of the molecule is Cc1cc(C#CC(N)=O)cnc1N. The molecule has 1 rings (SSSR count). The van der Waals surface area contributed by atoms with Crippen LogP contribution in [0.5, 0.6) is 0 Å². The number of nitrogens with two attached hydrogens (primary N) is 2. The number of anilines is 1. The van der Waals surface area contributed by atoms with Crippen LogP contribution in [0.25, 0.3) is 0 Å². The first kappa shape index (κ1) is 9.07. The molecule has 0 aromatic carbocycles. The standard InChI is InChI=1S/C9H9N3O/c1-6-4-7(2-3-8(10)13)5-12-9(6)11/h4-5H,1H3,(H2,10,13)(H2,11,12). The van der Waals surface area contributed by atoms with Gasteiger partial charge in [-0.2, -0.15) is 0 Å². The summed E-state index contributed by atoms with van der Waals surface area (Å²) in [6.45, 7) is 1.82. The summed E-state index contributed by atoms with van der Waals surface area (Å²) in [7, 11) is 0. The number of carbonyl (C=O) groups excluding carboxylic acids is 1. The van der Waals surface area contributed by atoms with Crippen LogP contribution in [0.1, 0.15) is 11.1 Å². The second kappa shape index (κ2) is 3.59. The molecule has 0 spiro atoms. The molecule has 1 aromatic heterocycles. The molecule has 0 radical (unpaired) electrons. The molecule has 1 aromatic rings. The van der Waals surface area contributed by atoms with Crippen LogP contribution in [0.2, 0.25) is 0 Å². The van der Waals surface area contributed by atoms with Gasteiger partial charge >= 0.3 is 0 Å². The number of pyridine rings is 1. The topological polar surface area (TPSA) is 82.0 Å². The van der Waals surface area contributed by atoms with E-state index < -0.39 is 5.91 Å². The Hall–Kier alpha value is -2.02. The second-order valence-electron chi connectivity index (χ2n) is 2.54. The number of amides is 1. The van der Waals surface area contributed by atoms with Gasteiger partial charge in [-0.3, -0.25) is 4.79 Å². The molecule has 0 unspecified atom stereocenters. The molecule has 0 saturated carbocycles. The first-order chi connectivity index (χ1) is 6.09. The van der Waals surface area contributed by atoms with Crippen molar-refractivity contribution in [3.05, 3.63) is 23.4 Å². The van der Waals surface area contributed by atoms with Gasteiger partial charge in [0.05, 0.1) is 0 Å². The molecular formula is C9H9N3O. The minimum Gasteiger partial charge on any atom is -0.383 e. The number of nitrogens with zero attached hydrogens (tertiary/aromatic N) is 1. The van der Waals surface area contributed by atoms with E-state index in [0.29, 0.717) is 11.4 Å². The van der Waals surface area contributed by atoms with Crippen molar-refractivity contribution < 1.29 is 4.79 Å². The zero-order valence-corrected chi connectivity index (χ0v) is 7.16. The van der Waals surface area contributed by atoms with Crippen molar-refractivity contribution >= 4 is 11.7 Å². The lowest BCUT2D eigenvalue weighted by Crippen LogP contribution is -2.06. The highest BCUT2D eigenvalue weighted by Gasteiger charge is 1.94. The van der Waals surface area contributed by atoms with E-state index in [9.17, 15) is 4.79 Å². The molecule has 0 aliphatic heterocycles. The molecule has 0 bridgehead atoms. The predicted octanol–water partition coefficient (Wildman–Crippen LogP) is -0.191. The van der Waals surface area contributed by atoms with Gasteiger partial charge < -0.3 is 11.5 Å². The van der Waals surface area contributed by atoms with Gasteiger partial charge in [0, 0.05) is 17.7 Å². The van der Waals surface area contributed by atoms with Crippen LogP contribution in [0.4, 0.5) is 5.82 Å². The van der Waals surface area contributed by atoms with E-state index in [4.69, 9.17) is 11.5 Å². The number of aromatic nitrogens is 1. The summed E-state index contributed by atoms with van der Waals surface area (Å²) in [5, 5.41) is 0. The summed E-state index contributed by atoms with van der Waals surface area (Å²) >= 11 is 0. The van der Waals surface area contributed by atoms with E-state index in [1.165, 1.54) is 6.20 Å². The van der Waals surface area contributed by atoms with Crippen LogP contribution < -0.4 is 11.5 Å². The average molecular weight is 175 g/mol. The molecule has 13 heavy (non-hydrogen) atoms. The van der Waals surface area contributed by atoms with Crippen molar-refractivity contribution in [2.75, 3.05) is 5.73 Å². The van der Waals surface area contributed by atoms with Crippen LogP contribution >= 0.6 is 0 Å². The first-order valence-corrected chi connectivity index (χ1v) is 3.63. The molecular weight excluding hydrogens is 166 g/mol. The van der Waals surface area contributed by atoms with E-state index in [0.717, 1.165) is 5.56 Å². The smallest absolute Gasteiger partial charge is 0.293 e. The third-order valence-corrected chi connectivity index (χ3v) is 1.45. The Kier molecular flexibility index (Phi) is 2.50. The van der Waals surface area contributed by atoms with Crippen LogP contribution in [0.15, 0.2) is 12.3 Å². The maximum absolute atomic E-state index is 10.3. The van der Waals surface area contributed by atoms with Crippen molar-refractivity contribution in [1.82, 2.24) is 4.98 Å². The Morgan fingerprint density at radius 1 is 1.62 bits per heavy atom. The highest BCUT2D eigenvalue weighted by atomic mass is 16.1. The molecule has 4 heteroatoms. The fraction of sp³-hybridized carbons (Fsp3) is 0.111. The van der Waals surface area contributed by atoms with Gasteiger partial charge in [0.1, 0.15) is 5.82 Å². The van der Waals surface area contributed by atoms with E-state index >= 15 is 0 Å². The van der Waals surface area contributed by atoms with Gasteiger partial charge in [0.25, 0.3) is 5.91 Å². The molecule has 0 aliphatic rings. The van der Waals surface area contributed by atoms with E-state index in [1.54, 1.807) is 6.07 Å². The van der Waals surface area contributed by atoms with Crippen LogP contribution in [-0.2, 0) is 4.79 Å². The average Bonchev–Trinajstić information content (AvgIpc) is 2.07. The normalized spacial score (nSPS) is 8.69. The Balaban J connectivity index is 3.00. The highest BCUT2D eigenvalue weighted by Crippen LogP contribution is 2.07. The lowest BCUT2D eigenvalue weighted by atomic mass is 10.2. The second-order valence-corrected chi connectivity index (χ2v) is 2.54. The zero-order chi connectivity index (χ0) is 9.84. The van der Waals surface area contributed by atoms with E-state index in [2.05, 4.69) is 16.8 Å². The van der Waals surface area contributed by atoms with Crippen molar-refractivity contribution in [2.45, 2.75) is 6.92 Å². The van der Waals surface area contributed by atoms with Gasteiger partial charge in [-0.25, -0.2) is 4.98 Å². The molecule has 1 heterocycles. The van der Waals surface area contributed by atoms with Crippen LogP contribution in [0, 0.1) is 18.8 Å². The van der Waals surface area contributed by atoms with Gasteiger partial charge in [0.2, 0.25) is 0 Å².